The Morgan fingerprint density at radius 3 is 2.21 bits per heavy atom. The summed E-state index contributed by atoms with van der Waals surface area (Å²) in [5, 5.41) is 0. The largest absolute Gasteiger partial charge is 0.457 e. The Hall–Kier alpha value is -3.25. The third-order valence-electron chi connectivity index (χ3n) is 7.44. The summed E-state index contributed by atoms with van der Waals surface area (Å²) in [6.07, 6.45) is 6.49. The summed E-state index contributed by atoms with van der Waals surface area (Å²) < 4.78 is 20.0. The minimum absolute atomic E-state index is 0.0145. The normalized spacial score (nSPS) is 18.1. The fraction of sp³-hybridized carbons (Fsp3) is 0.357. The summed E-state index contributed by atoms with van der Waals surface area (Å²) in [6, 6.07) is 18.0. The highest BCUT2D eigenvalue weighted by Crippen LogP contribution is 2.29. The van der Waals surface area contributed by atoms with E-state index in [1.54, 1.807) is 18.3 Å². The van der Waals surface area contributed by atoms with Crippen LogP contribution in [0.15, 0.2) is 66.9 Å². The van der Waals surface area contributed by atoms with Gasteiger partial charge in [0.2, 0.25) is 0 Å². The molecule has 2 aliphatic rings. The van der Waals surface area contributed by atoms with Gasteiger partial charge in [-0.1, -0.05) is 12.1 Å². The molecule has 0 aliphatic carbocycles. The minimum Gasteiger partial charge on any atom is -0.457 e. The van der Waals surface area contributed by atoms with Crippen molar-refractivity contribution in [3.63, 3.8) is 0 Å². The lowest BCUT2D eigenvalue weighted by atomic mass is 10.0. The second-order valence-electron chi connectivity index (χ2n) is 9.67. The molecule has 1 amide bonds. The van der Waals surface area contributed by atoms with Gasteiger partial charge in [-0.25, -0.2) is 4.39 Å². The topological polar surface area (TPSA) is 42.4 Å². The van der Waals surface area contributed by atoms with Crippen LogP contribution in [0.1, 0.15) is 36.2 Å². The van der Waals surface area contributed by atoms with Gasteiger partial charge in [0.05, 0.1) is 26.2 Å². The monoisotopic (exact) mass is 460 g/mol. The maximum Gasteiger partial charge on any atom is 0.272 e. The van der Waals surface area contributed by atoms with Crippen LogP contribution in [-0.2, 0) is 0 Å². The molecule has 2 aliphatic heterocycles. The molecule has 0 spiro atoms. The maximum absolute atomic E-state index is 13.2. The van der Waals surface area contributed by atoms with Crippen LogP contribution in [0.3, 0.4) is 0 Å². The number of likely N-dealkylation sites (tertiary alicyclic amines) is 2. The van der Waals surface area contributed by atoms with E-state index in [4.69, 9.17) is 4.74 Å². The van der Waals surface area contributed by atoms with Gasteiger partial charge in [0, 0.05) is 45.0 Å². The first-order valence-corrected chi connectivity index (χ1v) is 12.1. The highest BCUT2D eigenvalue weighted by molar-refractivity contribution is 5.93. The molecule has 3 heterocycles. The number of halogens is 1. The van der Waals surface area contributed by atoms with Gasteiger partial charge in [-0.3, -0.25) is 9.78 Å². The van der Waals surface area contributed by atoms with Crippen molar-refractivity contribution in [3.05, 3.63) is 78.4 Å². The van der Waals surface area contributed by atoms with Gasteiger partial charge in [-0.15, -0.1) is 0 Å². The number of pyridine rings is 1. The zero-order valence-corrected chi connectivity index (χ0v) is 19.6. The van der Waals surface area contributed by atoms with Crippen molar-refractivity contribution in [2.45, 2.75) is 31.7 Å². The summed E-state index contributed by atoms with van der Waals surface area (Å²) in [5.41, 5.74) is 2.41. The number of carbonyl (C=O) groups excluding carboxylic acids is 1. The number of ether oxygens (including phenoxy) is 1. The van der Waals surface area contributed by atoms with E-state index in [9.17, 15) is 9.18 Å². The first kappa shape index (κ1) is 22.5. The minimum atomic E-state index is -0.294. The van der Waals surface area contributed by atoms with Crippen LogP contribution in [-0.4, -0.2) is 59.5 Å². The predicted octanol–water partition coefficient (Wildman–Crippen LogP) is 5.53. The number of aromatic nitrogens is 1. The summed E-state index contributed by atoms with van der Waals surface area (Å²) in [5.74, 6) is 0.964. The Labute approximate surface area is 200 Å². The molecule has 5 rings (SSSR count). The molecule has 0 N–H and O–H groups in total. The second kappa shape index (κ2) is 9.55. The number of hydrogen-bond acceptors (Lipinski definition) is 3. The number of amides is 1. The summed E-state index contributed by atoms with van der Waals surface area (Å²) in [7, 11) is 2.39. The number of carbonyl (C=O) groups is 1. The number of quaternary nitrogens is 1. The van der Waals surface area contributed by atoms with Gasteiger partial charge in [-0.05, 0) is 59.7 Å². The van der Waals surface area contributed by atoms with Crippen LogP contribution in [0.5, 0.6) is 11.5 Å². The van der Waals surface area contributed by atoms with Crippen LogP contribution in [0.25, 0.3) is 11.1 Å². The van der Waals surface area contributed by atoms with Crippen molar-refractivity contribution in [2.24, 2.45) is 0 Å². The predicted molar refractivity (Wildman–Crippen MR) is 130 cm³/mol. The van der Waals surface area contributed by atoms with Gasteiger partial charge < -0.3 is 14.1 Å². The Balaban J connectivity index is 1.23. The van der Waals surface area contributed by atoms with E-state index in [0.29, 0.717) is 23.2 Å². The van der Waals surface area contributed by atoms with Crippen LogP contribution < -0.4 is 4.74 Å². The zero-order chi connectivity index (χ0) is 23.5. The van der Waals surface area contributed by atoms with Crippen molar-refractivity contribution in [1.29, 1.82) is 0 Å². The molecule has 2 aromatic carbocycles. The molecule has 0 radical (unpaired) electrons. The van der Waals surface area contributed by atoms with E-state index in [1.807, 2.05) is 41.3 Å². The molecule has 0 unspecified atom stereocenters. The lowest BCUT2D eigenvalue weighted by Crippen LogP contribution is -2.55. The Morgan fingerprint density at radius 2 is 1.56 bits per heavy atom. The van der Waals surface area contributed by atoms with E-state index in [-0.39, 0.29) is 11.7 Å². The molecule has 1 aromatic heterocycles. The first-order chi connectivity index (χ1) is 16.5. The molecule has 0 bridgehead atoms. The molecule has 34 heavy (non-hydrogen) atoms. The summed E-state index contributed by atoms with van der Waals surface area (Å²) >= 11 is 0. The molecule has 0 atom stereocenters. The highest BCUT2D eigenvalue weighted by atomic mass is 19.1. The zero-order valence-electron chi connectivity index (χ0n) is 19.6. The maximum atomic E-state index is 13.2. The number of nitrogens with zero attached hydrogens (tertiary/aromatic N) is 3. The molecule has 3 aromatic rings. The van der Waals surface area contributed by atoms with E-state index in [2.05, 4.69) is 12.0 Å². The van der Waals surface area contributed by atoms with Gasteiger partial charge in [0.25, 0.3) is 5.91 Å². The van der Waals surface area contributed by atoms with Crippen molar-refractivity contribution in [1.82, 2.24) is 9.88 Å². The fourth-order valence-electron chi connectivity index (χ4n) is 5.36. The van der Waals surface area contributed by atoms with E-state index in [0.717, 1.165) is 37.1 Å². The first-order valence-electron chi connectivity index (χ1n) is 12.1. The van der Waals surface area contributed by atoms with Gasteiger partial charge in [0.1, 0.15) is 23.0 Å². The Kier molecular flexibility index (Phi) is 6.33. The van der Waals surface area contributed by atoms with Crippen LogP contribution in [0, 0.1) is 5.82 Å². The summed E-state index contributed by atoms with van der Waals surface area (Å²) in [6.45, 7) is 4.16. The van der Waals surface area contributed by atoms with Gasteiger partial charge in [-0.2, -0.15) is 0 Å². The smallest absolute Gasteiger partial charge is 0.272 e. The molecule has 6 heteroatoms. The van der Waals surface area contributed by atoms with E-state index >= 15 is 0 Å². The highest BCUT2D eigenvalue weighted by Gasteiger charge is 2.38. The van der Waals surface area contributed by atoms with Crippen molar-refractivity contribution < 1.29 is 18.4 Å². The van der Waals surface area contributed by atoms with Crippen molar-refractivity contribution >= 4 is 5.91 Å². The third kappa shape index (κ3) is 4.82. The Morgan fingerprint density at radius 1 is 0.941 bits per heavy atom. The molecule has 5 nitrogen and oxygen atoms in total. The fourth-order valence-corrected chi connectivity index (χ4v) is 5.36. The lowest BCUT2D eigenvalue weighted by Gasteiger charge is -2.42. The number of benzene rings is 2. The van der Waals surface area contributed by atoms with E-state index in [1.165, 1.54) is 42.5 Å². The van der Waals surface area contributed by atoms with Crippen LogP contribution in [0.4, 0.5) is 4.39 Å². The third-order valence-corrected chi connectivity index (χ3v) is 7.44. The van der Waals surface area contributed by atoms with Crippen LogP contribution >= 0.6 is 0 Å². The number of rotatable bonds is 5. The van der Waals surface area contributed by atoms with Gasteiger partial charge in [0.15, 0.2) is 0 Å². The average Bonchev–Trinajstić information content (AvgIpc) is 3.33. The number of piperidine rings is 1. The molecule has 2 fully saturated rings. The Bertz CT molecular complexity index is 1130. The lowest BCUT2D eigenvalue weighted by molar-refractivity contribution is -0.923. The molecule has 0 saturated carbocycles. The van der Waals surface area contributed by atoms with Crippen LogP contribution in [0.2, 0.25) is 0 Å². The summed E-state index contributed by atoms with van der Waals surface area (Å²) in [4.78, 5) is 19.5. The standard InChI is InChI=1S/C28H31FN3O2/c1-32(18-2-3-19-32)24-13-16-31(17-14-24)28(33)27-20-22(12-15-30-27)21-4-8-25(9-5-21)34-26-10-6-23(29)7-11-26/h4-12,15,20,24H,2-3,13-14,16-19H2,1H3/q+1. The molecule has 2 saturated heterocycles. The SMILES string of the molecule is C[N+]1(C2CCN(C(=O)c3cc(-c4ccc(Oc5ccc(F)cc5)cc4)ccn3)CC2)CCCC1. The van der Waals surface area contributed by atoms with Gasteiger partial charge >= 0.3 is 0 Å². The molecular weight excluding hydrogens is 429 g/mol. The quantitative estimate of drug-likeness (QED) is 0.471. The van der Waals surface area contributed by atoms with Crippen molar-refractivity contribution in [2.75, 3.05) is 33.2 Å². The molecule has 176 valence electrons. The second-order valence-corrected chi connectivity index (χ2v) is 9.67. The molecular formula is C28H31FN3O2+. The number of hydrogen-bond donors (Lipinski definition) is 0. The van der Waals surface area contributed by atoms with E-state index < -0.39 is 0 Å². The average molecular weight is 461 g/mol. The van der Waals surface area contributed by atoms with Crippen molar-refractivity contribution in [3.8, 4) is 22.6 Å².